The standard InChI is InChI=1S/C22H26ClN3O6/c1-4-29-17-8-7-15(11-18(17)30-5-2)22(28)26-25-12-14-9-16(23)21(32-13-20(24)27)19(10-14)31-6-3/h7-12H,4-6,13H2,1-3H3,(H2,24,27)(H,26,28)/b25-12+. The van der Waals surface area contributed by atoms with Crippen LogP contribution in [0.15, 0.2) is 35.4 Å². The first-order chi connectivity index (χ1) is 15.4. The van der Waals surface area contributed by atoms with E-state index in [1.807, 2.05) is 13.8 Å². The Balaban J connectivity index is 2.15. The molecule has 2 rings (SSSR count). The lowest BCUT2D eigenvalue weighted by Crippen LogP contribution is -2.20. The number of benzene rings is 2. The van der Waals surface area contributed by atoms with Gasteiger partial charge in [-0.2, -0.15) is 5.10 Å². The molecule has 0 aromatic heterocycles. The van der Waals surface area contributed by atoms with Gasteiger partial charge in [0.05, 0.1) is 31.1 Å². The average molecular weight is 464 g/mol. The molecule has 0 bridgehead atoms. The number of hydrogen-bond acceptors (Lipinski definition) is 7. The van der Waals surface area contributed by atoms with Gasteiger partial charge in [0.25, 0.3) is 11.8 Å². The number of nitrogens with zero attached hydrogens (tertiary/aromatic N) is 1. The number of nitrogens with two attached hydrogens (primary N) is 1. The van der Waals surface area contributed by atoms with E-state index in [0.29, 0.717) is 48.2 Å². The number of carbonyl (C=O) groups is 2. The van der Waals surface area contributed by atoms with E-state index in [4.69, 9.17) is 36.3 Å². The fourth-order valence-corrected chi connectivity index (χ4v) is 2.90. The number of carbonyl (C=O) groups excluding carboxylic acids is 2. The second-order valence-corrected chi connectivity index (χ2v) is 6.65. The number of amides is 2. The summed E-state index contributed by atoms with van der Waals surface area (Å²) in [7, 11) is 0. The van der Waals surface area contributed by atoms with Crippen LogP contribution in [0, 0.1) is 0 Å². The topological polar surface area (TPSA) is 121 Å². The van der Waals surface area contributed by atoms with Gasteiger partial charge in [0, 0.05) is 5.56 Å². The van der Waals surface area contributed by atoms with E-state index in [0.717, 1.165) is 0 Å². The van der Waals surface area contributed by atoms with Crippen molar-refractivity contribution in [2.45, 2.75) is 20.8 Å². The molecule has 0 spiro atoms. The molecular formula is C22H26ClN3O6. The van der Waals surface area contributed by atoms with Crippen LogP contribution >= 0.6 is 11.6 Å². The van der Waals surface area contributed by atoms with E-state index in [1.165, 1.54) is 6.21 Å². The zero-order chi connectivity index (χ0) is 23.5. The molecule has 32 heavy (non-hydrogen) atoms. The van der Waals surface area contributed by atoms with Gasteiger partial charge in [-0.25, -0.2) is 5.43 Å². The number of ether oxygens (including phenoxy) is 4. The van der Waals surface area contributed by atoms with Gasteiger partial charge in [-0.15, -0.1) is 0 Å². The van der Waals surface area contributed by atoms with E-state index >= 15 is 0 Å². The van der Waals surface area contributed by atoms with Crippen LogP contribution in [0.3, 0.4) is 0 Å². The maximum absolute atomic E-state index is 12.5. The first-order valence-electron chi connectivity index (χ1n) is 10.00. The average Bonchev–Trinajstić information content (AvgIpc) is 2.74. The second kappa shape index (κ2) is 12.4. The van der Waals surface area contributed by atoms with Crippen LogP contribution in [-0.4, -0.2) is 44.5 Å². The highest BCUT2D eigenvalue weighted by atomic mass is 35.5. The van der Waals surface area contributed by atoms with Gasteiger partial charge < -0.3 is 24.7 Å². The number of hydrogen-bond donors (Lipinski definition) is 2. The van der Waals surface area contributed by atoms with E-state index in [9.17, 15) is 9.59 Å². The Hall–Kier alpha value is -3.46. The summed E-state index contributed by atoms with van der Waals surface area (Å²) in [6.45, 7) is 6.43. The predicted molar refractivity (Wildman–Crippen MR) is 121 cm³/mol. The number of nitrogens with one attached hydrogen (secondary N) is 1. The Morgan fingerprint density at radius 2 is 1.62 bits per heavy atom. The van der Waals surface area contributed by atoms with E-state index < -0.39 is 11.8 Å². The van der Waals surface area contributed by atoms with Gasteiger partial charge in [-0.1, -0.05) is 11.6 Å². The lowest BCUT2D eigenvalue weighted by molar-refractivity contribution is -0.119. The third-order valence-electron chi connectivity index (χ3n) is 3.88. The van der Waals surface area contributed by atoms with Gasteiger partial charge in [0.1, 0.15) is 0 Å². The lowest BCUT2D eigenvalue weighted by Gasteiger charge is -2.13. The van der Waals surface area contributed by atoms with Crippen molar-refractivity contribution in [3.8, 4) is 23.0 Å². The van der Waals surface area contributed by atoms with E-state index in [1.54, 1.807) is 37.3 Å². The molecule has 0 saturated heterocycles. The van der Waals surface area contributed by atoms with Crippen molar-refractivity contribution in [3.63, 3.8) is 0 Å². The first kappa shape index (κ1) is 24.8. The van der Waals surface area contributed by atoms with Gasteiger partial charge in [0.2, 0.25) is 0 Å². The summed E-state index contributed by atoms with van der Waals surface area (Å²) < 4.78 is 21.9. The quantitative estimate of drug-likeness (QED) is 0.368. The number of halogens is 1. The van der Waals surface area contributed by atoms with Crippen LogP contribution in [0.25, 0.3) is 0 Å². The van der Waals surface area contributed by atoms with Crippen molar-refractivity contribution in [2.75, 3.05) is 26.4 Å². The fraction of sp³-hybridized carbons (Fsp3) is 0.318. The molecule has 0 unspecified atom stereocenters. The summed E-state index contributed by atoms with van der Waals surface area (Å²) in [5, 5.41) is 4.18. The summed E-state index contributed by atoms with van der Waals surface area (Å²) in [5.74, 6) is 0.492. The summed E-state index contributed by atoms with van der Waals surface area (Å²) in [5.41, 5.74) is 8.47. The van der Waals surface area contributed by atoms with Crippen molar-refractivity contribution < 1.29 is 28.5 Å². The molecule has 172 valence electrons. The molecule has 2 aromatic rings. The molecule has 2 amide bonds. The third-order valence-corrected chi connectivity index (χ3v) is 4.16. The normalized spacial score (nSPS) is 10.6. The van der Waals surface area contributed by atoms with Gasteiger partial charge >= 0.3 is 0 Å². The maximum atomic E-state index is 12.5. The molecule has 3 N–H and O–H groups in total. The minimum absolute atomic E-state index is 0.200. The van der Waals surface area contributed by atoms with Crippen LogP contribution in [0.4, 0.5) is 0 Å². The number of rotatable bonds is 12. The molecule has 0 saturated carbocycles. The van der Waals surface area contributed by atoms with Crippen LogP contribution in [-0.2, 0) is 4.79 Å². The van der Waals surface area contributed by atoms with E-state index in [-0.39, 0.29) is 17.4 Å². The van der Waals surface area contributed by atoms with Crippen molar-refractivity contribution in [2.24, 2.45) is 10.8 Å². The van der Waals surface area contributed by atoms with Gasteiger partial charge in [-0.05, 0) is 56.7 Å². The molecular weight excluding hydrogens is 438 g/mol. The molecule has 0 aliphatic rings. The molecule has 0 fully saturated rings. The molecule has 0 radical (unpaired) electrons. The lowest BCUT2D eigenvalue weighted by atomic mass is 10.2. The van der Waals surface area contributed by atoms with Crippen molar-refractivity contribution in [3.05, 3.63) is 46.5 Å². The highest BCUT2D eigenvalue weighted by Crippen LogP contribution is 2.36. The fourth-order valence-electron chi connectivity index (χ4n) is 2.63. The maximum Gasteiger partial charge on any atom is 0.271 e. The van der Waals surface area contributed by atoms with Gasteiger partial charge in [-0.3, -0.25) is 9.59 Å². The molecule has 2 aromatic carbocycles. The van der Waals surface area contributed by atoms with Crippen LogP contribution < -0.4 is 30.1 Å². The van der Waals surface area contributed by atoms with Gasteiger partial charge in [0.15, 0.2) is 29.6 Å². The minimum atomic E-state index is -0.640. The largest absolute Gasteiger partial charge is 0.490 e. The Morgan fingerprint density at radius 3 is 2.28 bits per heavy atom. The van der Waals surface area contributed by atoms with Crippen LogP contribution in [0.5, 0.6) is 23.0 Å². The van der Waals surface area contributed by atoms with Crippen molar-refractivity contribution in [1.29, 1.82) is 0 Å². The van der Waals surface area contributed by atoms with Crippen molar-refractivity contribution >= 4 is 29.6 Å². The molecule has 9 nitrogen and oxygen atoms in total. The Bertz CT molecular complexity index is 980. The summed E-state index contributed by atoms with van der Waals surface area (Å²) in [6, 6.07) is 8.05. The highest BCUT2D eigenvalue weighted by molar-refractivity contribution is 6.32. The molecule has 10 heteroatoms. The monoisotopic (exact) mass is 463 g/mol. The summed E-state index contributed by atoms with van der Waals surface area (Å²) in [6.07, 6.45) is 1.40. The molecule has 0 atom stereocenters. The van der Waals surface area contributed by atoms with Crippen molar-refractivity contribution in [1.82, 2.24) is 5.43 Å². The minimum Gasteiger partial charge on any atom is -0.490 e. The predicted octanol–water partition coefficient (Wildman–Crippen LogP) is 3.16. The Morgan fingerprint density at radius 1 is 0.969 bits per heavy atom. The molecule has 0 aliphatic heterocycles. The first-order valence-corrected chi connectivity index (χ1v) is 10.4. The zero-order valence-electron chi connectivity index (χ0n) is 18.1. The SMILES string of the molecule is CCOc1ccc(C(=O)N/N=C/c2cc(Cl)c(OCC(N)=O)c(OCC)c2)cc1OCC. The van der Waals surface area contributed by atoms with Crippen LogP contribution in [0.1, 0.15) is 36.7 Å². The molecule has 0 aliphatic carbocycles. The summed E-state index contributed by atoms with van der Waals surface area (Å²) >= 11 is 6.25. The smallest absolute Gasteiger partial charge is 0.271 e. The zero-order valence-corrected chi connectivity index (χ0v) is 18.9. The van der Waals surface area contributed by atoms with Crippen LogP contribution in [0.2, 0.25) is 5.02 Å². The third kappa shape index (κ3) is 7.05. The highest BCUT2D eigenvalue weighted by Gasteiger charge is 2.14. The summed E-state index contributed by atoms with van der Waals surface area (Å²) in [4.78, 5) is 23.5. The number of hydrazone groups is 1. The Kier molecular flexibility index (Phi) is 9.62. The Labute approximate surface area is 191 Å². The second-order valence-electron chi connectivity index (χ2n) is 6.24. The number of primary amides is 1. The van der Waals surface area contributed by atoms with E-state index in [2.05, 4.69) is 10.5 Å². The molecule has 0 heterocycles.